The zero-order chi connectivity index (χ0) is 12.0. The minimum absolute atomic E-state index is 0.314. The number of nitrogens with zero attached hydrogens (tertiary/aromatic N) is 2. The van der Waals surface area contributed by atoms with E-state index in [1.54, 1.807) is 0 Å². The molecule has 90 valence electrons. The van der Waals surface area contributed by atoms with Crippen molar-refractivity contribution in [3.05, 3.63) is 11.3 Å². The van der Waals surface area contributed by atoms with Crippen LogP contribution in [0.1, 0.15) is 20.3 Å². The van der Waals surface area contributed by atoms with Crippen LogP contribution in [0.3, 0.4) is 0 Å². The van der Waals surface area contributed by atoms with Crippen LogP contribution in [0.4, 0.5) is 11.6 Å². The first-order valence-electron chi connectivity index (χ1n) is 5.25. The molecule has 6 heteroatoms. The lowest BCUT2D eigenvalue weighted by Crippen LogP contribution is -2.17. The fraction of sp³-hybridized carbons (Fsp3) is 0.600. The fourth-order valence-corrected chi connectivity index (χ4v) is 2.16. The van der Waals surface area contributed by atoms with Crippen molar-refractivity contribution >= 4 is 35.0 Å². The zero-order valence-corrected chi connectivity index (χ0v) is 11.1. The summed E-state index contributed by atoms with van der Waals surface area (Å²) in [6, 6.07) is 0.325. The molecule has 0 saturated carbocycles. The van der Waals surface area contributed by atoms with Gasteiger partial charge in [0, 0.05) is 6.04 Å². The predicted molar refractivity (Wildman–Crippen MR) is 72.2 cm³/mol. The molecule has 0 aromatic carbocycles. The smallest absolute Gasteiger partial charge is 0.150 e. The molecule has 0 fully saturated rings. The van der Waals surface area contributed by atoms with Gasteiger partial charge >= 0.3 is 0 Å². The second-order valence-corrected chi connectivity index (χ2v) is 5.22. The lowest BCUT2D eigenvalue weighted by molar-refractivity contribution is 0.766. The second-order valence-electron chi connectivity index (χ2n) is 3.45. The van der Waals surface area contributed by atoms with E-state index in [0.717, 1.165) is 17.9 Å². The summed E-state index contributed by atoms with van der Waals surface area (Å²) in [6.07, 6.45) is 2.48. The van der Waals surface area contributed by atoms with Gasteiger partial charge in [-0.25, -0.2) is 9.97 Å². The van der Waals surface area contributed by atoms with E-state index in [0.29, 0.717) is 22.7 Å². The third-order valence-electron chi connectivity index (χ3n) is 2.10. The van der Waals surface area contributed by atoms with Gasteiger partial charge in [-0.1, -0.05) is 18.5 Å². The van der Waals surface area contributed by atoms with E-state index in [1.807, 2.05) is 11.8 Å². The van der Waals surface area contributed by atoms with Gasteiger partial charge in [0.2, 0.25) is 0 Å². The number of nitrogen functional groups attached to an aromatic ring is 1. The van der Waals surface area contributed by atoms with Gasteiger partial charge < -0.3 is 11.1 Å². The number of hydrogen-bond donors (Lipinski definition) is 2. The van der Waals surface area contributed by atoms with E-state index in [9.17, 15) is 0 Å². The normalized spacial score (nSPS) is 12.4. The monoisotopic (exact) mass is 260 g/mol. The Morgan fingerprint density at radius 1 is 1.56 bits per heavy atom. The highest BCUT2D eigenvalue weighted by atomic mass is 35.5. The first-order valence-corrected chi connectivity index (χ1v) is 6.78. The van der Waals surface area contributed by atoms with E-state index in [1.165, 1.54) is 6.33 Å². The maximum absolute atomic E-state index is 5.98. The minimum atomic E-state index is 0.314. The van der Waals surface area contributed by atoms with Crippen LogP contribution in [0.25, 0.3) is 0 Å². The molecule has 0 amide bonds. The molecule has 1 heterocycles. The fourth-order valence-electron chi connectivity index (χ4n) is 1.19. The molecule has 1 unspecified atom stereocenters. The summed E-state index contributed by atoms with van der Waals surface area (Å²) in [6.45, 7) is 4.26. The number of thioether (sulfide) groups is 1. The van der Waals surface area contributed by atoms with Crippen LogP contribution in [0.15, 0.2) is 6.33 Å². The van der Waals surface area contributed by atoms with Crippen molar-refractivity contribution in [3.63, 3.8) is 0 Å². The second kappa shape index (κ2) is 6.81. The molecule has 0 spiro atoms. The standard InChI is InChI=1S/C10H17ClN4S/c1-3-16-5-4-7(2)15-10-8(11)9(12)13-6-14-10/h6-7H,3-5H2,1-2H3,(H3,12,13,14,15). The first kappa shape index (κ1) is 13.4. The molecule has 1 aromatic heterocycles. The summed E-state index contributed by atoms with van der Waals surface area (Å²) >= 11 is 7.90. The van der Waals surface area contributed by atoms with Crippen molar-refractivity contribution in [1.29, 1.82) is 0 Å². The number of nitrogens with one attached hydrogen (secondary N) is 1. The molecule has 16 heavy (non-hydrogen) atoms. The van der Waals surface area contributed by atoms with E-state index in [4.69, 9.17) is 17.3 Å². The van der Waals surface area contributed by atoms with Crippen molar-refractivity contribution in [2.24, 2.45) is 0 Å². The molecule has 0 bridgehead atoms. The topological polar surface area (TPSA) is 63.8 Å². The number of anilines is 2. The van der Waals surface area contributed by atoms with Crippen molar-refractivity contribution in [2.45, 2.75) is 26.3 Å². The summed E-state index contributed by atoms with van der Waals surface area (Å²) in [5.41, 5.74) is 5.59. The summed E-state index contributed by atoms with van der Waals surface area (Å²) in [5.74, 6) is 3.20. The molecule has 1 aromatic rings. The molecule has 0 aliphatic carbocycles. The van der Waals surface area contributed by atoms with E-state index < -0.39 is 0 Å². The Balaban J connectivity index is 2.49. The molecular formula is C10H17ClN4S. The van der Waals surface area contributed by atoms with E-state index in [-0.39, 0.29) is 0 Å². The highest BCUT2D eigenvalue weighted by Gasteiger charge is 2.09. The molecule has 0 saturated heterocycles. The Bertz CT molecular complexity index is 335. The Morgan fingerprint density at radius 2 is 2.31 bits per heavy atom. The first-order chi connectivity index (χ1) is 7.65. The van der Waals surface area contributed by atoms with Crippen LogP contribution >= 0.6 is 23.4 Å². The van der Waals surface area contributed by atoms with Crippen molar-refractivity contribution in [1.82, 2.24) is 9.97 Å². The molecule has 1 rings (SSSR count). The SMILES string of the molecule is CCSCCC(C)Nc1ncnc(N)c1Cl. The Morgan fingerprint density at radius 3 is 3.00 bits per heavy atom. The minimum Gasteiger partial charge on any atom is -0.382 e. The van der Waals surface area contributed by atoms with Gasteiger partial charge in [0.15, 0.2) is 5.82 Å². The van der Waals surface area contributed by atoms with Gasteiger partial charge in [-0.3, -0.25) is 0 Å². The van der Waals surface area contributed by atoms with Crippen molar-refractivity contribution in [3.8, 4) is 0 Å². The van der Waals surface area contributed by atoms with Gasteiger partial charge in [-0.05, 0) is 24.9 Å². The van der Waals surface area contributed by atoms with Crippen LogP contribution in [-0.4, -0.2) is 27.5 Å². The third kappa shape index (κ3) is 4.06. The van der Waals surface area contributed by atoms with Gasteiger partial charge in [0.05, 0.1) is 0 Å². The lowest BCUT2D eigenvalue weighted by Gasteiger charge is -2.15. The molecule has 0 aliphatic heterocycles. The Kier molecular flexibility index (Phi) is 5.69. The maximum atomic E-state index is 5.98. The highest BCUT2D eigenvalue weighted by Crippen LogP contribution is 2.24. The maximum Gasteiger partial charge on any atom is 0.150 e. The number of halogens is 1. The summed E-state index contributed by atoms with van der Waals surface area (Å²) in [7, 11) is 0. The van der Waals surface area contributed by atoms with Gasteiger partial charge in [0.25, 0.3) is 0 Å². The van der Waals surface area contributed by atoms with Gasteiger partial charge in [0.1, 0.15) is 17.2 Å². The Hall–Kier alpha value is -0.680. The van der Waals surface area contributed by atoms with Gasteiger partial charge in [-0.2, -0.15) is 11.8 Å². The molecule has 0 aliphatic rings. The molecule has 3 N–H and O–H groups in total. The lowest BCUT2D eigenvalue weighted by atomic mass is 10.2. The zero-order valence-electron chi connectivity index (χ0n) is 9.53. The van der Waals surface area contributed by atoms with E-state index in [2.05, 4.69) is 29.1 Å². The van der Waals surface area contributed by atoms with Crippen LogP contribution in [0, 0.1) is 0 Å². The molecule has 1 atom stereocenters. The van der Waals surface area contributed by atoms with Crippen molar-refractivity contribution < 1.29 is 0 Å². The average Bonchev–Trinajstić information content (AvgIpc) is 2.25. The third-order valence-corrected chi connectivity index (χ3v) is 3.40. The number of nitrogens with two attached hydrogens (primary N) is 1. The largest absolute Gasteiger partial charge is 0.382 e. The predicted octanol–water partition coefficient (Wildman–Crippen LogP) is 2.66. The van der Waals surface area contributed by atoms with Crippen LogP contribution < -0.4 is 11.1 Å². The molecule has 4 nitrogen and oxygen atoms in total. The average molecular weight is 261 g/mol. The number of aromatic nitrogens is 2. The summed E-state index contributed by atoms with van der Waals surface area (Å²) in [4.78, 5) is 7.88. The van der Waals surface area contributed by atoms with Crippen LogP contribution in [0.5, 0.6) is 0 Å². The molecular weight excluding hydrogens is 244 g/mol. The van der Waals surface area contributed by atoms with Gasteiger partial charge in [-0.15, -0.1) is 0 Å². The van der Waals surface area contributed by atoms with E-state index >= 15 is 0 Å². The van der Waals surface area contributed by atoms with Crippen LogP contribution in [0.2, 0.25) is 5.02 Å². The molecule has 0 radical (unpaired) electrons. The summed E-state index contributed by atoms with van der Waals surface area (Å²) in [5, 5.41) is 3.63. The van der Waals surface area contributed by atoms with Crippen molar-refractivity contribution in [2.75, 3.05) is 22.6 Å². The number of rotatable bonds is 6. The van der Waals surface area contributed by atoms with Crippen LogP contribution in [-0.2, 0) is 0 Å². The quantitative estimate of drug-likeness (QED) is 0.770. The Labute approximate surface area is 105 Å². The number of hydrogen-bond acceptors (Lipinski definition) is 5. The highest BCUT2D eigenvalue weighted by molar-refractivity contribution is 7.99. The summed E-state index contributed by atoms with van der Waals surface area (Å²) < 4.78 is 0.